The van der Waals surface area contributed by atoms with Gasteiger partial charge in [0.25, 0.3) is 0 Å². The quantitative estimate of drug-likeness (QED) is 0.598. The van der Waals surface area contributed by atoms with Crippen LogP contribution in [0.1, 0.15) is 33.3 Å². The Balaban J connectivity index is 2.38. The number of hydrogen-bond donors (Lipinski definition) is 0. The van der Waals surface area contributed by atoms with Gasteiger partial charge in [0.1, 0.15) is 11.5 Å². The standard InChI is InChI=1S/C17H19BrO3/c1-16(2)13(21-15(20)17(3,4)14(16)19)12(18)10-11-8-6-5-7-9-11/h5-10,13H,1-4H3/b12-10-/t13-/m0/s1. The van der Waals surface area contributed by atoms with Gasteiger partial charge in [0.2, 0.25) is 0 Å². The van der Waals surface area contributed by atoms with Crippen LogP contribution in [0.5, 0.6) is 0 Å². The summed E-state index contributed by atoms with van der Waals surface area (Å²) in [4.78, 5) is 24.7. The maximum Gasteiger partial charge on any atom is 0.319 e. The highest BCUT2D eigenvalue weighted by Gasteiger charge is 2.55. The number of benzene rings is 1. The Morgan fingerprint density at radius 3 is 2.29 bits per heavy atom. The molecule has 4 heteroatoms. The van der Waals surface area contributed by atoms with Crippen molar-refractivity contribution in [3.05, 3.63) is 40.4 Å². The normalized spacial score (nSPS) is 24.6. The summed E-state index contributed by atoms with van der Waals surface area (Å²) in [6.07, 6.45) is 1.27. The van der Waals surface area contributed by atoms with Crippen LogP contribution in [-0.2, 0) is 14.3 Å². The zero-order valence-corrected chi connectivity index (χ0v) is 14.2. The topological polar surface area (TPSA) is 43.4 Å². The van der Waals surface area contributed by atoms with Crippen molar-refractivity contribution in [3.8, 4) is 0 Å². The summed E-state index contributed by atoms with van der Waals surface area (Å²) in [5.74, 6) is -0.579. The second-order valence-corrected chi connectivity index (χ2v) is 7.32. The number of carbonyl (C=O) groups is 2. The monoisotopic (exact) mass is 350 g/mol. The molecule has 0 N–H and O–H groups in total. The van der Waals surface area contributed by atoms with Gasteiger partial charge in [-0.05, 0) is 39.3 Å². The number of ketones is 1. The van der Waals surface area contributed by atoms with E-state index in [0.29, 0.717) is 4.48 Å². The molecule has 1 aliphatic rings. The minimum Gasteiger partial charge on any atom is -0.455 e. The first-order valence-electron chi connectivity index (χ1n) is 6.85. The minimum atomic E-state index is -1.10. The third kappa shape index (κ3) is 2.82. The van der Waals surface area contributed by atoms with Gasteiger partial charge in [0, 0.05) is 4.48 Å². The lowest BCUT2D eigenvalue weighted by molar-refractivity contribution is -0.181. The molecular weight excluding hydrogens is 332 g/mol. The maximum atomic E-state index is 12.6. The van der Waals surface area contributed by atoms with E-state index in [1.54, 1.807) is 13.8 Å². The first-order chi connectivity index (χ1) is 9.67. The smallest absolute Gasteiger partial charge is 0.319 e. The molecule has 0 saturated carbocycles. The molecule has 112 valence electrons. The Morgan fingerprint density at radius 1 is 1.14 bits per heavy atom. The molecule has 0 radical (unpaired) electrons. The van der Waals surface area contributed by atoms with E-state index in [1.807, 2.05) is 50.3 Å². The van der Waals surface area contributed by atoms with Crippen molar-refractivity contribution in [2.75, 3.05) is 0 Å². The van der Waals surface area contributed by atoms with Gasteiger partial charge in [-0.15, -0.1) is 0 Å². The molecule has 1 fully saturated rings. The van der Waals surface area contributed by atoms with Crippen LogP contribution in [-0.4, -0.2) is 17.9 Å². The summed E-state index contributed by atoms with van der Waals surface area (Å²) >= 11 is 3.48. The number of cyclic esters (lactones) is 1. The van der Waals surface area contributed by atoms with E-state index in [-0.39, 0.29) is 5.78 Å². The van der Waals surface area contributed by atoms with E-state index < -0.39 is 22.9 Å². The van der Waals surface area contributed by atoms with E-state index in [1.165, 1.54) is 0 Å². The van der Waals surface area contributed by atoms with Crippen LogP contribution in [0.3, 0.4) is 0 Å². The maximum absolute atomic E-state index is 12.6. The molecule has 1 aliphatic heterocycles. The second kappa shape index (κ2) is 5.41. The fraction of sp³-hybridized carbons (Fsp3) is 0.412. The van der Waals surface area contributed by atoms with Crippen molar-refractivity contribution in [1.29, 1.82) is 0 Å². The summed E-state index contributed by atoms with van der Waals surface area (Å²) in [6.45, 7) is 6.86. The summed E-state index contributed by atoms with van der Waals surface area (Å²) in [5.41, 5.74) is -0.893. The highest BCUT2D eigenvalue weighted by atomic mass is 79.9. The predicted molar refractivity (Wildman–Crippen MR) is 85.8 cm³/mol. The van der Waals surface area contributed by atoms with Crippen LogP contribution in [0.2, 0.25) is 0 Å². The number of rotatable bonds is 2. The third-order valence-corrected chi connectivity index (χ3v) is 4.54. The van der Waals surface area contributed by atoms with Gasteiger partial charge >= 0.3 is 5.97 Å². The Kier molecular flexibility index (Phi) is 4.11. The van der Waals surface area contributed by atoms with E-state index in [4.69, 9.17) is 4.74 Å². The summed E-state index contributed by atoms with van der Waals surface area (Å²) in [6, 6.07) is 9.69. The summed E-state index contributed by atoms with van der Waals surface area (Å²) in [5, 5.41) is 0. The largest absolute Gasteiger partial charge is 0.455 e. The minimum absolute atomic E-state index is 0.102. The Morgan fingerprint density at radius 2 is 1.71 bits per heavy atom. The van der Waals surface area contributed by atoms with Crippen LogP contribution >= 0.6 is 15.9 Å². The van der Waals surface area contributed by atoms with Gasteiger partial charge in [0.15, 0.2) is 5.78 Å². The van der Waals surface area contributed by atoms with Crippen LogP contribution in [0.25, 0.3) is 6.08 Å². The Hall–Kier alpha value is -1.42. The van der Waals surface area contributed by atoms with Crippen molar-refractivity contribution in [2.45, 2.75) is 33.8 Å². The van der Waals surface area contributed by atoms with Crippen molar-refractivity contribution < 1.29 is 14.3 Å². The molecule has 2 rings (SSSR count). The molecule has 0 unspecified atom stereocenters. The number of esters is 1. The second-order valence-electron chi connectivity index (χ2n) is 6.40. The lowest BCUT2D eigenvalue weighted by Gasteiger charge is -2.43. The van der Waals surface area contributed by atoms with Gasteiger partial charge < -0.3 is 4.74 Å². The summed E-state index contributed by atoms with van der Waals surface area (Å²) in [7, 11) is 0. The molecular formula is C17H19BrO3. The van der Waals surface area contributed by atoms with Crippen LogP contribution in [0.4, 0.5) is 0 Å². The average Bonchev–Trinajstić information content (AvgIpc) is 2.42. The molecule has 0 spiro atoms. The first-order valence-corrected chi connectivity index (χ1v) is 7.65. The number of hydrogen-bond acceptors (Lipinski definition) is 3. The molecule has 0 aliphatic carbocycles. The van der Waals surface area contributed by atoms with Gasteiger partial charge in [0.05, 0.1) is 5.41 Å². The van der Waals surface area contributed by atoms with Crippen LogP contribution in [0, 0.1) is 10.8 Å². The number of ether oxygens (including phenoxy) is 1. The fourth-order valence-corrected chi connectivity index (χ4v) is 3.53. The van der Waals surface area contributed by atoms with Gasteiger partial charge in [-0.3, -0.25) is 9.59 Å². The SMILES string of the molecule is CC1(C)C(=O)O[C@@H](/C(Br)=C/c2ccccc2)C(C)(C)C1=O. The third-order valence-electron chi connectivity index (χ3n) is 3.90. The average molecular weight is 351 g/mol. The lowest BCUT2D eigenvalue weighted by atomic mass is 9.68. The molecule has 1 saturated heterocycles. The molecule has 1 atom stereocenters. The molecule has 1 heterocycles. The fourth-order valence-electron chi connectivity index (χ4n) is 2.60. The van der Waals surface area contributed by atoms with Gasteiger partial charge in [-0.25, -0.2) is 0 Å². The van der Waals surface area contributed by atoms with Gasteiger partial charge in [-0.2, -0.15) is 0 Å². The van der Waals surface area contributed by atoms with E-state index in [2.05, 4.69) is 15.9 Å². The Labute approximate surface area is 133 Å². The number of halogens is 1. The molecule has 1 aromatic rings. The van der Waals surface area contributed by atoms with Crippen molar-refractivity contribution in [3.63, 3.8) is 0 Å². The van der Waals surface area contributed by atoms with E-state index >= 15 is 0 Å². The van der Waals surface area contributed by atoms with Crippen LogP contribution < -0.4 is 0 Å². The molecule has 0 bridgehead atoms. The van der Waals surface area contributed by atoms with Crippen molar-refractivity contribution >= 4 is 33.8 Å². The van der Waals surface area contributed by atoms with Crippen LogP contribution in [0.15, 0.2) is 34.8 Å². The number of Topliss-reactive ketones (excluding diaryl/α,β-unsaturated/α-hetero) is 1. The molecule has 1 aromatic carbocycles. The lowest BCUT2D eigenvalue weighted by Crippen LogP contribution is -2.56. The van der Waals surface area contributed by atoms with Crippen molar-refractivity contribution in [2.24, 2.45) is 10.8 Å². The highest BCUT2D eigenvalue weighted by molar-refractivity contribution is 9.11. The summed E-state index contributed by atoms with van der Waals surface area (Å²) < 4.78 is 6.24. The van der Waals surface area contributed by atoms with E-state index in [9.17, 15) is 9.59 Å². The van der Waals surface area contributed by atoms with Gasteiger partial charge in [-0.1, -0.05) is 46.3 Å². The van der Waals surface area contributed by atoms with Crippen molar-refractivity contribution in [1.82, 2.24) is 0 Å². The number of carbonyl (C=O) groups excluding carboxylic acids is 2. The molecule has 0 amide bonds. The highest BCUT2D eigenvalue weighted by Crippen LogP contribution is 2.44. The van der Waals surface area contributed by atoms with E-state index in [0.717, 1.165) is 5.56 Å². The first kappa shape index (κ1) is 16.0. The molecule has 3 nitrogen and oxygen atoms in total. The molecule has 21 heavy (non-hydrogen) atoms. The Bertz CT molecular complexity index is 600. The molecule has 0 aromatic heterocycles. The predicted octanol–water partition coefficient (Wildman–Crippen LogP) is 3.97. The zero-order valence-electron chi connectivity index (χ0n) is 12.6. The zero-order chi connectivity index (χ0) is 15.8.